The predicted molar refractivity (Wildman–Crippen MR) is 145 cm³/mol. The van der Waals surface area contributed by atoms with Crippen molar-refractivity contribution in [3.63, 3.8) is 0 Å². The van der Waals surface area contributed by atoms with Gasteiger partial charge >= 0.3 is 0 Å². The first-order valence-corrected chi connectivity index (χ1v) is 15.0. The Balaban J connectivity index is 0. The monoisotopic (exact) mass is 456 g/mol. The molecule has 0 bridgehead atoms. The molecular weight excluding hydrogens is 392 g/mol. The summed E-state index contributed by atoms with van der Waals surface area (Å²) < 4.78 is 0. The average molecular weight is 457 g/mol. The Morgan fingerprint density at radius 1 is 0.375 bits per heavy atom. The van der Waals surface area contributed by atoms with Gasteiger partial charge in [-0.15, -0.1) is 0 Å². The molecule has 0 aliphatic heterocycles. The van der Waals surface area contributed by atoms with Gasteiger partial charge in [0.25, 0.3) is 0 Å². The molecule has 0 aliphatic carbocycles. The minimum Gasteiger partial charge on any atom is -0.397 e. The Morgan fingerprint density at radius 2 is 0.594 bits per heavy atom. The summed E-state index contributed by atoms with van der Waals surface area (Å²) in [5.41, 5.74) is 0. The Labute approximate surface area is 204 Å². The van der Waals surface area contributed by atoms with Crippen LogP contribution in [0.3, 0.4) is 0 Å². The molecule has 0 radical (unpaired) electrons. The average Bonchev–Trinajstić information content (AvgIpc) is 2.80. The molecule has 2 nitrogen and oxygen atoms in total. The molecule has 0 spiro atoms. The van der Waals surface area contributed by atoms with Gasteiger partial charge in [-0.05, 0) is 25.7 Å². The molecule has 2 N–H and O–H groups in total. The molecule has 1 atom stereocenters. The summed E-state index contributed by atoms with van der Waals surface area (Å²) in [7, 11) is 0. The van der Waals surface area contributed by atoms with E-state index >= 15 is 0 Å². The molecular formula is C30H64O2. The topological polar surface area (TPSA) is 40.5 Å². The lowest BCUT2D eigenvalue weighted by Gasteiger charge is -2.13. The van der Waals surface area contributed by atoms with Crippen LogP contribution in [0.25, 0.3) is 0 Å². The number of unbranched alkanes of at least 4 members (excludes halogenated alkanes) is 20. The minimum atomic E-state index is 0.250. The van der Waals surface area contributed by atoms with E-state index in [1.165, 1.54) is 154 Å². The zero-order valence-electron chi connectivity index (χ0n) is 22.9. The van der Waals surface area contributed by atoms with E-state index in [9.17, 15) is 5.11 Å². The summed E-state index contributed by atoms with van der Waals surface area (Å²) in [6.07, 6.45) is 33.6. The summed E-state index contributed by atoms with van der Waals surface area (Å²) >= 11 is 0. The molecule has 0 aromatic rings. The maximum atomic E-state index is 9.65. The molecule has 32 heavy (non-hydrogen) atoms. The molecule has 0 saturated heterocycles. The van der Waals surface area contributed by atoms with Crippen LogP contribution in [-0.2, 0) is 0 Å². The summed E-state index contributed by atoms with van der Waals surface area (Å²) in [5.74, 6) is 0.576. The molecule has 0 aliphatic rings. The van der Waals surface area contributed by atoms with Crippen LogP contribution in [0.2, 0.25) is 0 Å². The number of hydrogen-bond donors (Lipinski definition) is 2. The van der Waals surface area contributed by atoms with E-state index < -0.39 is 0 Å². The summed E-state index contributed by atoms with van der Waals surface area (Å²) in [6.45, 7) is 6.92. The minimum absolute atomic E-state index is 0.250. The van der Waals surface area contributed by atoms with Gasteiger partial charge in [-0.2, -0.15) is 0 Å². The summed E-state index contributed by atoms with van der Waals surface area (Å²) in [6, 6.07) is 0. The van der Waals surface area contributed by atoms with E-state index in [1.807, 2.05) is 0 Å². The molecule has 0 rings (SSSR count). The smallest absolute Gasteiger partial charge is 0.0459 e. The lowest BCUT2D eigenvalue weighted by molar-refractivity contribution is 0.204. The van der Waals surface area contributed by atoms with Gasteiger partial charge in [0.1, 0.15) is 0 Å². The van der Waals surface area contributed by atoms with Crippen LogP contribution in [0.4, 0.5) is 0 Å². The predicted octanol–water partition coefficient (Wildman–Crippen LogP) is 10.00. The quantitative estimate of drug-likeness (QED) is 0.134. The Kier molecular flexibility index (Phi) is 35.3. The summed E-state index contributed by atoms with van der Waals surface area (Å²) in [4.78, 5) is 0. The highest BCUT2D eigenvalue weighted by atomic mass is 16.3. The van der Waals surface area contributed by atoms with Gasteiger partial charge in [0.05, 0.1) is 0 Å². The van der Waals surface area contributed by atoms with Crippen molar-refractivity contribution in [1.29, 1.82) is 0 Å². The number of hydrogen-bond acceptors (Lipinski definition) is 2. The fourth-order valence-corrected chi connectivity index (χ4v) is 4.52. The first kappa shape index (κ1) is 34.1. The van der Waals surface area contributed by atoms with Crippen LogP contribution >= 0.6 is 0 Å². The molecule has 0 fully saturated rings. The van der Waals surface area contributed by atoms with Crippen LogP contribution in [0.5, 0.6) is 0 Å². The Bertz CT molecular complexity index is 293. The third-order valence-corrected chi connectivity index (χ3v) is 6.69. The van der Waals surface area contributed by atoms with E-state index in [4.69, 9.17) is 5.11 Å². The van der Waals surface area contributed by atoms with Crippen molar-refractivity contribution in [1.82, 2.24) is 0 Å². The molecule has 1 unspecified atom stereocenters. The van der Waals surface area contributed by atoms with Gasteiger partial charge in [0.2, 0.25) is 0 Å². The number of aliphatic hydroxyl groups excluding tert-OH is 2. The number of rotatable bonds is 25. The highest BCUT2D eigenvalue weighted by Crippen LogP contribution is 2.19. The van der Waals surface area contributed by atoms with Crippen LogP contribution in [0.1, 0.15) is 175 Å². The third-order valence-electron chi connectivity index (χ3n) is 6.69. The fourth-order valence-electron chi connectivity index (χ4n) is 4.52. The first-order chi connectivity index (χ1) is 15.8. The Hall–Kier alpha value is -0.0800. The zero-order chi connectivity index (χ0) is 24.0. The maximum absolute atomic E-state index is 9.65. The van der Waals surface area contributed by atoms with Crippen molar-refractivity contribution < 1.29 is 10.2 Å². The van der Waals surface area contributed by atoms with E-state index in [1.54, 1.807) is 6.92 Å². The highest BCUT2D eigenvalue weighted by Gasteiger charge is 2.07. The molecule has 0 saturated carbocycles. The SMILES string of the molecule is CCCCCCCCCCCCCCC(CO)CCCCCCCCCCCC.CCO. The van der Waals surface area contributed by atoms with Crippen LogP contribution in [0, 0.1) is 5.92 Å². The Morgan fingerprint density at radius 3 is 0.812 bits per heavy atom. The van der Waals surface area contributed by atoms with Crippen molar-refractivity contribution in [2.24, 2.45) is 5.92 Å². The van der Waals surface area contributed by atoms with Crippen molar-refractivity contribution in [3.05, 3.63) is 0 Å². The fraction of sp³-hybridized carbons (Fsp3) is 1.00. The van der Waals surface area contributed by atoms with Crippen molar-refractivity contribution in [2.75, 3.05) is 13.2 Å². The van der Waals surface area contributed by atoms with E-state index in [0.29, 0.717) is 12.5 Å². The standard InChI is InChI=1S/C28H58O.C2H6O/c1-3-5-7-9-11-13-15-16-18-20-22-24-26-28(27-29)25-23-21-19-17-14-12-10-8-6-4-2;1-2-3/h28-29H,3-27H2,1-2H3;3H,2H2,1H3. The second kappa shape index (κ2) is 33.1. The van der Waals surface area contributed by atoms with E-state index in [-0.39, 0.29) is 6.61 Å². The first-order valence-electron chi connectivity index (χ1n) is 15.0. The largest absolute Gasteiger partial charge is 0.397 e. The van der Waals surface area contributed by atoms with Crippen molar-refractivity contribution in [3.8, 4) is 0 Å². The van der Waals surface area contributed by atoms with Gasteiger partial charge in [-0.1, -0.05) is 155 Å². The van der Waals surface area contributed by atoms with Crippen LogP contribution in [0.15, 0.2) is 0 Å². The van der Waals surface area contributed by atoms with Crippen molar-refractivity contribution >= 4 is 0 Å². The van der Waals surface area contributed by atoms with E-state index in [0.717, 1.165) is 0 Å². The second-order valence-electron chi connectivity index (χ2n) is 10.0. The number of aliphatic hydroxyl groups is 2. The lowest BCUT2D eigenvalue weighted by Crippen LogP contribution is -2.06. The normalized spacial score (nSPS) is 11.9. The van der Waals surface area contributed by atoms with Crippen LogP contribution < -0.4 is 0 Å². The van der Waals surface area contributed by atoms with Gasteiger partial charge < -0.3 is 10.2 Å². The molecule has 0 amide bonds. The molecule has 196 valence electrons. The van der Waals surface area contributed by atoms with Gasteiger partial charge in [0, 0.05) is 13.2 Å². The molecule has 0 aromatic heterocycles. The molecule has 2 heteroatoms. The van der Waals surface area contributed by atoms with Crippen LogP contribution in [-0.4, -0.2) is 23.4 Å². The van der Waals surface area contributed by atoms with Gasteiger partial charge in [0.15, 0.2) is 0 Å². The van der Waals surface area contributed by atoms with Gasteiger partial charge in [-0.3, -0.25) is 0 Å². The second-order valence-corrected chi connectivity index (χ2v) is 10.0. The third kappa shape index (κ3) is 32.1. The van der Waals surface area contributed by atoms with E-state index in [2.05, 4.69) is 13.8 Å². The highest BCUT2D eigenvalue weighted by molar-refractivity contribution is 4.60. The lowest BCUT2D eigenvalue weighted by atomic mass is 9.94. The molecule has 0 heterocycles. The maximum Gasteiger partial charge on any atom is 0.0459 e. The van der Waals surface area contributed by atoms with Crippen molar-refractivity contribution in [2.45, 2.75) is 175 Å². The zero-order valence-corrected chi connectivity index (χ0v) is 22.9. The molecule has 0 aromatic carbocycles. The van der Waals surface area contributed by atoms with Gasteiger partial charge in [-0.25, -0.2) is 0 Å². The summed E-state index contributed by atoms with van der Waals surface area (Å²) in [5, 5.41) is 17.2.